The molecule has 0 spiro atoms. The fourth-order valence-electron chi connectivity index (χ4n) is 4.82. The van der Waals surface area contributed by atoms with Crippen LogP contribution in [0, 0.1) is 5.92 Å². The first-order valence-corrected chi connectivity index (χ1v) is 10.6. The molecular weight excluding hydrogens is 360 g/mol. The van der Waals surface area contributed by atoms with E-state index < -0.39 is 0 Å². The first kappa shape index (κ1) is 21.0. The molecule has 0 aromatic rings. The van der Waals surface area contributed by atoms with Gasteiger partial charge in [0.25, 0.3) is 0 Å². The smallest absolute Gasteiger partial charge is 0.248 e. The number of hydrogen-bond donors (Lipinski definition) is 0. The molecular formula is C20H34N4O4. The second kappa shape index (κ2) is 9.69. The zero-order valence-corrected chi connectivity index (χ0v) is 17.3. The second-order valence-corrected chi connectivity index (χ2v) is 8.17. The van der Waals surface area contributed by atoms with E-state index in [-0.39, 0.29) is 30.4 Å². The molecule has 3 aliphatic rings. The molecule has 0 radical (unpaired) electrons. The van der Waals surface area contributed by atoms with Crippen LogP contribution in [0.15, 0.2) is 0 Å². The number of methoxy groups -OCH3 is 1. The molecule has 8 nitrogen and oxygen atoms in total. The van der Waals surface area contributed by atoms with E-state index in [0.29, 0.717) is 45.2 Å². The predicted molar refractivity (Wildman–Crippen MR) is 105 cm³/mol. The highest BCUT2D eigenvalue weighted by atomic mass is 16.5. The topological polar surface area (TPSA) is 73.4 Å². The van der Waals surface area contributed by atoms with Crippen LogP contribution in [0.25, 0.3) is 0 Å². The summed E-state index contributed by atoms with van der Waals surface area (Å²) < 4.78 is 4.96. The summed E-state index contributed by atoms with van der Waals surface area (Å²) in [4.78, 5) is 45.0. The molecule has 1 aliphatic carbocycles. The molecule has 3 fully saturated rings. The summed E-state index contributed by atoms with van der Waals surface area (Å²) in [6, 6.07) is -0.0916. The Labute approximate surface area is 167 Å². The van der Waals surface area contributed by atoms with E-state index in [2.05, 4.69) is 4.90 Å². The minimum absolute atomic E-state index is 0.0197. The Morgan fingerprint density at radius 3 is 1.93 bits per heavy atom. The van der Waals surface area contributed by atoms with Crippen molar-refractivity contribution < 1.29 is 19.1 Å². The molecule has 158 valence electrons. The summed E-state index contributed by atoms with van der Waals surface area (Å²) in [7, 11) is 1.54. The number of rotatable bonds is 5. The zero-order valence-electron chi connectivity index (χ0n) is 17.3. The van der Waals surface area contributed by atoms with Crippen LogP contribution in [0.1, 0.15) is 32.6 Å². The van der Waals surface area contributed by atoms with Crippen LogP contribution in [0.2, 0.25) is 0 Å². The summed E-state index contributed by atoms with van der Waals surface area (Å²) in [6.45, 7) is 6.95. The molecule has 1 saturated carbocycles. The molecule has 3 amide bonds. The molecule has 0 aromatic carbocycles. The molecule has 3 rings (SSSR count). The van der Waals surface area contributed by atoms with Crippen molar-refractivity contribution in [3.05, 3.63) is 0 Å². The summed E-state index contributed by atoms with van der Waals surface area (Å²) >= 11 is 0. The quantitative estimate of drug-likeness (QED) is 0.658. The van der Waals surface area contributed by atoms with Gasteiger partial charge in [-0.25, -0.2) is 0 Å². The van der Waals surface area contributed by atoms with Crippen molar-refractivity contribution in [1.82, 2.24) is 19.6 Å². The SMILES string of the molecule is COCC(=O)N1CCN(C(C(=O)N2CCN(C(C)=O)CC2)C2CCCC2)CC1. The monoisotopic (exact) mass is 394 g/mol. The molecule has 2 heterocycles. The van der Waals surface area contributed by atoms with Crippen LogP contribution in [0.3, 0.4) is 0 Å². The highest BCUT2D eigenvalue weighted by Crippen LogP contribution is 2.32. The Hall–Kier alpha value is -1.67. The van der Waals surface area contributed by atoms with Crippen LogP contribution in [-0.4, -0.2) is 109 Å². The minimum atomic E-state index is -0.0916. The van der Waals surface area contributed by atoms with Crippen LogP contribution in [-0.2, 0) is 19.1 Å². The van der Waals surface area contributed by atoms with Crippen molar-refractivity contribution in [1.29, 1.82) is 0 Å². The van der Waals surface area contributed by atoms with E-state index in [1.165, 1.54) is 20.0 Å². The molecule has 1 unspecified atom stereocenters. The summed E-state index contributed by atoms with van der Waals surface area (Å²) in [5, 5.41) is 0. The Morgan fingerprint density at radius 2 is 1.39 bits per heavy atom. The van der Waals surface area contributed by atoms with Gasteiger partial charge in [-0.3, -0.25) is 19.3 Å². The molecule has 1 atom stereocenters. The first-order chi connectivity index (χ1) is 13.5. The van der Waals surface area contributed by atoms with Crippen molar-refractivity contribution in [3.8, 4) is 0 Å². The maximum atomic E-state index is 13.5. The largest absolute Gasteiger partial charge is 0.375 e. The molecule has 28 heavy (non-hydrogen) atoms. The number of nitrogens with zero attached hydrogens (tertiary/aromatic N) is 4. The maximum absolute atomic E-state index is 13.5. The third-order valence-electron chi connectivity index (χ3n) is 6.46. The van der Waals surface area contributed by atoms with Gasteiger partial charge in [-0.05, 0) is 18.8 Å². The molecule has 2 aliphatic heterocycles. The van der Waals surface area contributed by atoms with Crippen LogP contribution in [0.5, 0.6) is 0 Å². The lowest BCUT2D eigenvalue weighted by Gasteiger charge is -2.43. The lowest BCUT2D eigenvalue weighted by Crippen LogP contribution is -2.61. The standard InChI is InChI=1S/C20H34N4O4/c1-16(25)21-7-13-24(14-8-21)20(27)19(17-5-3-4-6-17)23-11-9-22(10-12-23)18(26)15-28-2/h17,19H,3-15H2,1-2H3. The second-order valence-electron chi connectivity index (χ2n) is 8.17. The lowest BCUT2D eigenvalue weighted by molar-refractivity contribution is -0.146. The Balaban J connectivity index is 1.63. The first-order valence-electron chi connectivity index (χ1n) is 10.6. The fourth-order valence-corrected chi connectivity index (χ4v) is 4.82. The van der Waals surface area contributed by atoms with Gasteiger partial charge in [0.2, 0.25) is 17.7 Å². The third-order valence-corrected chi connectivity index (χ3v) is 6.46. The molecule has 0 N–H and O–H groups in total. The van der Waals surface area contributed by atoms with Gasteiger partial charge in [0.05, 0.1) is 6.04 Å². The van der Waals surface area contributed by atoms with Crippen molar-refractivity contribution in [2.75, 3.05) is 66.1 Å². The van der Waals surface area contributed by atoms with Crippen molar-refractivity contribution in [2.45, 2.75) is 38.6 Å². The van der Waals surface area contributed by atoms with E-state index in [4.69, 9.17) is 4.74 Å². The minimum Gasteiger partial charge on any atom is -0.375 e. The van der Waals surface area contributed by atoms with Gasteiger partial charge >= 0.3 is 0 Å². The van der Waals surface area contributed by atoms with E-state index >= 15 is 0 Å². The molecule has 0 bridgehead atoms. The zero-order chi connectivity index (χ0) is 20.1. The van der Waals surface area contributed by atoms with E-state index in [9.17, 15) is 14.4 Å². The summed E-state index contributed by atoms with van der Waals surface area (Å²) in [6.07, 6.45) is 4.59. The number of ether oxygens (including phenoxy) is 1. The van der Waals surface area contributed by atoms with Gasteiger partial charge in [-0.15, -0.1) is 0 Å². The van der Waals surface area contributed by atoms with Crippen molar-refractivity contribution in [2.24, 2.45) is 5.92 Å². The predicted octanol–water partition coefficient (Wildman–Crippen LogP) is 0.0265. The average Bonchev–Trinajstić information content (AvgIpc) is 3.23. The third kappa shape index (κ3) is 4.84. The molecule has 0 aromatic heterocycles. The van der Waals surface area contributed by atoms with E-state index in [1.54, 1.807) is 6.92 Å². The number of piperazine rings is 2. The van der Waals surface area contributed by atoms with Crippen molar-refractivity contribution in [3.63, 3.8) is 0 Å². The Bertz CT molecular complexity index is 563. The van der Waals surface area contributed by atoms with E-state index in [0.717, 1.165) is 25.9 Å². The number of amides is 3. The Kier molecular flexibility index (Phi) is 7.29. The van der Waals surface area contributed by atoms with Crippen LogP contribution in [0.4, 0.5) is 0 Å². The highest BCUT2D eigenvalue weighted by molar-refractivity contribution is 5.83. The lowest BCUT2D eigenvalue weighted by atomic mass is 9.94. The molecule has 8 heteroatoms. The fraction of sp³-hybridized carbons (Fsp3) is 0.850. The average molecular weight is 395 g/mol. The summed E-state index contributed by atoms with van der Waals surface area (Å²) in [5.41, 5.74) is 0. The van der Waals surface area contributed by atoms with Gasteiger partial charge < -0.3 is 19.4 Å². The molecule has 2 saturated heterocycles. The van der Waals surface area contributed by atoms with Crippen LogP contribution >= 0.6 is 0 Å². The van der Waals surface area contributed by atoms with Gasteiger partial charge in [0.1, 0.15) is 6.61 Å². The normalized spacial score (nSPS) is 23.1. The number of hydrogen-bond acceptors (Lipinski definition) is 5. The van der Waals surface area contributed by atoms with Gasteiger partial charge in [-0.1, -0.05) is 12.8 Å². The summed E-state index contributed by atoms with van der Waals surface area (Å²) in [5.74, 6) is 0.717. The van der Waals surface area contributed by atoms with Crippen LogP contribution < -0.4 is 0 Å². The Morgan fingerprint density at radius 1 is 0.857 bits per heavy atom. The van der Waals surface area contributed by atoms with Crippen molar-refractivity contribution >= 4 is 17.7 Å². The van der Waals surface area contributed by atoms with Gasteiger partial charge in [-0.2, -0.15) is 0 Å². The highest BCUT2D eigenvalue weighted by Gasteiger charge is 2.40. The van der Waals surface area contributed by atoms with Gasteiger partial charge in [0.15, 0.2) is 0 Å². The maximum Gasteiger partial charge on any atom is 0.248 e. The number of carbonyl (C=O) groups is 3. The van der Waals surface area contributed by atoms with Gasteiger partial charge in [0, 0.05) is 66.4 Å². The number of carbonyl (C=O) groups excluding carboxylic acids is 3. The van der Waals surface area contributed by atoms with E-state index in [1.807, 2.05) is 14.7 Å².